The molecule has 1 saturated heterocycles. The topological polar surface area (TPSA) is 108 Å². The van der Waals surface area contributed by atoms with Gasteiger partial charge in [-0.3, -0.25) is 4.72 Å². The Bertz CT molecular complexity index is 1370. The maximum Gasteiger partial charge on any atom is 0.299 e. The van der Waals surface area contributed by atoms with E-state index < -0.39 is 10.2 Å². The molecule has 198 valence electrons. The highest BCUT2D eigenvalue weighted by atomic mass is 32.2. The molecule has 3 aliphatic rings. The summed E-state index contributed by atoms with van der Waals surface area (Å²) in [6.45, 7) is 3.40. The maximum absolute atomic E-state index is 12.6. The molecule has 1 aromatic heterocycles. The molecule has 4 N–H and O–H groups in total. The number of nitrogens with two attached hydrogens (primary N) is 1. The SMILES string of the molecule is C[C@H](NS(=O)(=O)Nc1ccc(-c2c(N)c3ccc(OC4CCOCC4)cc3n2C2CCC2)cc1)C1CC1. The summed E-state index contributed by atoms with van der Waals surface area (Å²) in [6.07, 6.45) is 7.58. The van der Waals surface area contributed by atoms with Gasteiger partial charge in [0.05, 0.1) is 30.1 Å². The highest BCUT2D eigenvalue weighted by Crippen LogP contribution is 2.45. The predicted octanol–water partition coefficient (Wildman–Crippen LogP) is 5.22. The minimum absolute atomic E-state index is 0.0601. The second-order valence-corrected chi connectivity index (χ2v) is 12.2. The first kappa shape index (κ1) is 24.6. The quantitative estimate of drug-likeness (QED) is 0.356. The van der Waals surface area contributed by atoms with E-state index in [-0.39, 0.29) is 12.1 Å². The summed E-state index contributed by atoms with van der Waals surface area (Å²) in [6, 6.07) is 14.0. The summed E-state index contributed by atoms with van der Waals surface area (Å²) in [5.41, 5.74) is 11.1. The molecule has 0 bridgehead atoms. The first-order valence-corrected chi connectivity index (χ1v) is 14.9. The number of rotatable bonds is 9. The number of nitrogens with one attached hydrogen (secondary N) is 2. The van der Waals surface area contributed by atoms with Crippen molar-refractivity contribution in [2.24, 2.45) is 5.92 Å². The summed E-state index contributed by atoms with van der Waals surface area (Å²) in [7, 11) is -3.63. The van der Waals surface area contributed by atoms with Gasteiger partial charge in [0, 0.05) is 47.6 Å². The lowest BCUT2D eigenvalue weighted by Crippen LogP contribution is -2.38. The Kier molecular flexibility index (Phi) is 6.54. The van der Waals surface area contributed by atoms with Gasteiger partial charge in [0.1, 0.15) is 11.9 Å². The van der Waals surface area contributed by atoms with E-state index >= 15 is 0 Å². The van der Waals surface area contributed by atoms with Crippen molar-refractivity contribution in [2.45, 2.75) is 70.1 Å². The van der Waals surface area contributed by atoms with Gasteiger partial charge in [-0.2, -0.15) is 13.1 Å². The molecule has 2 aliphatic carbocycles. The molecule has 8 nitrogen and oxygen atoms in total. The van der Waals surface area contributed by atoms with Crippen molar-refractivity contribution in [1.82, 2.24) is 9.29 Å². The van der Waals surface area contributed by atoms with Crippen LogP contribution in [0, 0.1) is 5.92 Å². The molecule has 2 aromatic carbocycles. The molecule has 1 atom stereocenters. The van der Waals surface area contributed by atoms with E-state index in [9.17, 15) is 8.42 Å². The monoisotopic (exact) mass is 524 g/mol. The molecule has 6 rings (SSSR count). The molecule has 3 fully saturated rings. The Morgan fingerprint density at radius 2 is 1.76 bits per heavy atom. The third kappa shape index (κ3) is 5.17. The molecule has 0 amide bonds. The second-order valence-electron chi connectivity index (χ2n) is 10.8. The van der Waals surface area contributed by atoms with Crippen LogP contribution in [0.4, 0.5) is 11.4 Å². The number of benzene rings is 2. The number of ether oxygens (including phenoxy) is 2. The average molecular weight is 525 g/mol. The fraction of sp³-hybridized carbons (Fsp3) is 0.500. The van der Waals surface area contributed by atoms with Crippen molar-refractivity contribution in [3.8, 4) is 17.0 Å². The fourth-order valence-corrected chi connectivity index (χ4v) is 6.70. The van der Waals surface area contributed by atoms with Crippen molar-refractivity contribution in [1.29, 1.82) is 0 Å². The smallest absolute Gasteiger partial charge is 0.299 e. The average Bonchev–Trinajstić information content (AvgIpc) is 3.66. The Labute approximate surface area is 218 Å². The molecule has 1 aliphatic heterocycles. The van der Waals surface area contributed by atoms with E-state index in [0.717, 1.165) is 85.3 Å². The number of hydrogen-bond donors (Lipinski definition) is 3. The fourth-order valence-electron chi connectivity index (χ4n) is 5.51. The van der Waals surface area contributed by atoms with Gasteiger partial charge in [-0.1, -0.05) is 12.1 Å². The molecule has 0 spiro atoms. The number of fused-ring (bicyclic) bond motifs is 1. The van der Waals surface area contributed by atoms with Crippen molar-refractivity contribution in [3.63, 3.8) is 0 Å². The van der Waals surface area contributed by atoms with Crippen LogP contribution in [0.3, 0.4) is 0 Å². The molecule has 0 unspecified atom stereocenters. The van der Waals surface area contributed by atoms with Crippen LogP contribution in [0.5, 0.6) is 5.75 Å². The largest absolute Gasteiger partial charge is 0.490 e. The first-order valence-electron chi connectivity index (χ1n) is 13.5. The molecule has 2 heterocycles. The minimum Gasteiger partial charge on any atom is -0.490 e. The zero-order chi connectivity index (χ0) is 25.6. The van der Waals surface area contributed by atoms with E-state index in [1.54, 1.807) is 12.1 Å². The predicted molar refractivity (Wildman–Crippen MR) is 147 cm³/mol. The van der Waals surface area contributed by atoms with Crippen molar-refractivity contribution >= 4 is 32.5 Å². The van der Waals surface area contributed by atoms with E-state index in [0.29, 0.717) is 17.6 Å². The zero-order valence-electron chi connectivity index (χ0n) is 21.3. The Morgan fingerprint density at radius 1 is 1.03 bits per heavy atom. The molecule has 37 heavy (non-hydrogen) atoms. The third-order valence-electron chi connectivity index (χ3n) is 8.01. The van der Waals surface area contributed by atoms with Gasteiger partial charge in [-0.15, -0.1) is 0 Å². The molecular weight excluding hydrogens is 488 g/mol. The van der Waals surface area contributed by atoms with Crippen molar-refractivity contribution in [2.75, 3.05) is 23.7 Å². The van der Waals surface area contributed by atoms with Gasteiger partial charge in [-0.05, 0) is 69.2 Å². The zero-order valence-corrected chi connectivity index (χ0v) is 22.1. The molecule has 2 saturated carbocycles. The summed E-state index contributed by atoms with van der Waals surface area (Å²) in [5, 5.41) is 1.02. The highest BCUT2D eigenvalue weighted by Gasteiger charge is 2.31. The standard InChI is InChI=1S/C28H36N4O4S/c1-18(19-5-6-19)30-37(33,34)31-21-9-7-20(8-10-21)28-27(29)25-12-11-24(36-23-13-15-35-16-14-23)17-26(25)32(28)22-3-2-4-22/h7-12,17-19,22-23,30-31H,2-6,13-16,29H2,1H3/t18-/m0/s1. The van der Waals surface area contributed by atoms with Gasteiger partial charge in [0.2, 0.25) is 0 Å². The minimum atomic E-state index is -3.63. The lowest BCUT2D eigenvalue weighted by molar-refractivity contribution is 0.0256. The van der Waals surface area contributed by atoms with Crippen LogP contribution < -0.4 is 19.9 Å². The number of anilines is 2. The lowest BCUT2D eigenvalue weighted by Gasteiger charge is -2.30. The van der Waals surface area contributed by atoms with Crippen LogP contribution in [0.2, 0.25) is 0 Å². The number of aromatic nitrogens is 1. The van der Waals surface area contributed by atoms with E-state index in [1.807, 2.05) is 25.1 Å². The van der Waals surface area contributed by atoms with Crippen molar-refractivity contribution < 1.29 is 17.9 Å². The van der Waals surface area contributed by atoms with Gasteiger partial charge in [0.15, 0.2) is 0 Å². The van der Waals surface area contributed by atoms with Crippen LogP contribution in [-0.4, -0.2) is 38.3 Å². The summed E-state index contributed by atoms with van der Waals surface area (Å²) < 4.78 is 44.7. The maximum atomic E-state index is 12.6. The molecule has 3 aromatic rings. The molecular formula is C28H36N4O4S. The van der Waals surface area contributed by atoms with E-state index in [1.165, 1.54) is 6.42 Å². The third-order valence-corrected chi connectivity index (χ3v) is 9.19. The first-order chi connectivity index (χ1) is 17.9. The Morgan fingerprint density at radius 3 is 2.41 bits per heavy atom. The highest BCUT2D eigenvalue weighted by molar-refractivity contribution is 7.90. The number of nitrogen functional groups attached to an aromatic ring is 1. The Hall–Kier alpha value is -2.75. The van der Waals surface area contributed by atoms with Crippen LogP contribution in [0.25, 0.3) is 22.2 Å². The normalized spacial score (nSPS) is 20.0. The Balaban J connectivity index is 1.29. The molecule has 0 radical (unpaired) electrons. The van der Waals surface area contributed by atoms with Crippen LogP contribution in [0.15, 0.2) is 42.5 Å². The van der Waals surface area contributed by atoms with Gasteiger partial charge >= 0.3 is 0 Å². The summed E-state index contributed by atoms with van der Waals surface area (Å²) >= 11 is 0. The van der Waals surface area contributed by atoms with Crippen LogP contribution >= 0.6 is 0 Å². The lowest BCUT2D eigenvalue weighted by atomic mass is 9.92. The van der Waals surface area contributed by atoms with Crippen LogP contribution in [-0.2, 0) is 14.9 Å². The van der Waals surface area contributed by atoms with E-state index in [2.05, 4.69) is 26.1 Å². The van der Waals surface area contributed by atoms with Gasteiger partial charge in [-0.25, -0.2) is 0 Å². The van der Waals surface area contributed by atoms with Crippen LogP contribution in [0.1, 0.15) is 57.9 Å². The van der Waals surface area contributed by atoms with E-state index in [4.69, 9.17) is 15.2 Å². The number of hydrogen-bond acceptors (Lipinski definition) is 5. The summed E-state index contributed by atoms with van der Waals surface area (Å²) in [5.74, 6) is 1.31. The molecule has 9 heteroatoms. The summed E-state index contributed by atoms with van der Waals surface area (Å²) in [4.78, 5) is 0. The second kappa shape index (κ2) is 9.85. The van der Waals surface area contributed by atoms with Gasteiger partial charge < -0.3 is 19.8 Å². The van der Waals surface area contributed by atoms with Crippen molar-refractivity contribution in [3.05, 3.63) is 42.5 Å². The number of nitrogens with zero attached hydrogens (tertiary/aromatic N) is 1. The van der Waals surface area contributed by atoms with Gasteiger partial charge in [0.25, 0.3) is 10.2 Å².